The minimum atomic E-state index is -3.20. The maximum absolute atomic E-state index is 12.3. The summed E-state index contributed by atoms with van der Waals surface area (Å²) in [6.07, 6.45) is 0.405. The van der Waals surface area contributed by atoms with Crippen molar-refractivity contribution in [1.82, 2.24) is 0 Å². The monoisotopic (exact) mass is 414 g/mol. The van der Waals surface area contributed by atoms with E-state index in [2.05, 4.69) is 15.9 Å². The van der Waals surface area contributed by atoms with Crippen molar-refractivity contribution in [3.05, 3.63) is 34.3 Å². The third-order valence-corrected chi connectivity index (χ3v) is 8.06. The lowest BCUT2D eigenvalue weighted by molar-refractivity contribution is 0.501. The van der Waals surface area contributed by atoms with Crippen LogP contribution in [0.2, 0.25) is 0 Å². The molecule has 0 radical (unpaired) electrons. The highest BCUT2D eigenvalue weighted by Crippen LogP contribution is 2.37. The van der Waals surface area contributed by atoms with Gasteiger partial charge in [0.25, 0.3) is 0 Å². The van der Waals surface area contributed by atoms with Crippen LogP contribution in [0.4, 0.5) is 0 Å². The van der Waals surface area contributed by atoms with Gasteiger partial charge < -0.3 is 0 Å². The Morgan fingerprint density at radius 3 is 2.05 bits per heavy atom. The molecule has 0 spiro atoms. The molecule has 2 nitrogen and oxygen atoms in total. The summed E-state index contributed by atoms with van der Waals surface area (Å²) in [6, 6.07) is 7.68. The molecule has 6 heteroatoms. The van der Waals surface area contributed by atoms with Crippen LogP contribution in [0.5, 0.6) is 0 Å². The van der Waals surface area contributed by atoms with E-state index in [9.17, 15) is 8.42 Å². The van der Waals surface area contributed by atoms with E-state index in [-0.39, 0.29) is 17.5 Å². The molecule has 0 aliphatic rings. The van der Waals surface area contributed by atoms with Gasteiger partial charge in [0.15, 0.2) is 9.84 Å². The normalized spacial score (nSPS) is 13.4. The third-order valence-electron chi connectivity index (χ3n) is 3.74. The first kappa shape index (κ1) is 19.3. The Hall–Kier alpha value is 0.230. The summed E-state index contributed by atoms with van der Waals surface area (Å²) < 4.78 is 24.8. The zero-order valence-corrected chi connectivity index (χ0v) is 16.4. The molecule has 0 aromatic heterocycles. The van der Waals surface area contributed by atoms with Crippen LogP contribution in [-0.2, 0) is 15.3 Å². The molecular formula is C15H21BrCl2O2S. The number of hydrogen-bond acceptors (Lipinski definition) is 2. The summed E-state index contributed by atoms with van der Waals surface area (Å²) >= 11 is 15.9. The van der Waals surface area contributed by atoms with Crippen LogP contribution in [0.3, 0.4) is 0 Å². The predicted molar refractivity (Wildman–Crippen MR) is 95.4 cm³/mol. The summed E-state index contributed by atoms with van der Waals surface area (Å²) in [6.45, 7) is 5.14. The van der Waals surface area contributed by atoms with Gasteiger partial charge in [-0.15, -0.1) is 23.2 Å². The number of alkyl halides is 2. The highest BCUT2D eigenvalue weighted by atomic mass is 79.9. The SMILES string of the molecule is CC(C)(C)S(=O)(=O)CCC(CCl)(CCl)c1ccccc1Br. The maximum atomic E-state index is 12.3. The number of sulfone groups is 1. The van der Waals surface area contributed by atoms with Crippen molar-refractivity contribution in [2.24, 2.45) is 0 Å². The van der Waals surface area contributed by atoms with Gasteiger partial charge in [0.1, 0.15) is 0 Å². The standard InChI is InChI=1S/C15H21BrCl2O2S/c1-14(2,3)21(19,20)9-8-15(10-17,11-18)12-6-4-5-7-13(12)16/h4-7H,8-11H2,1-3H3. The second kappa shape index (κ2) is 7.20. The Labute approximate surface area is 146 Å². The number of halogens is 3. The van der Waals surface area contributed by atoms with Crippen molar-refractivity contribution in [3.8, 4) is 0 Å². The van der Waals surface area contributed by atoms with E-state index in [1.165, 1.54) is 0 Å². The molecule has 0 aliphatic carbocycles. The average molecular weight is 416 g/mol. The van der Waals surface area contributed by atoms with Gasteiger partial charge >= 0.3 is 0 Å². The lowest BCUT2D eigenvalue weighted by Crippen LogP contribution is -2.37. The Bertz CT molecular complexity index is 576. The number of hydrogen-bond donors (Lipinski definition) is 0. The molecule has 1 aromatic carbocycles. The largest absolute Gasteiger partial charge is 0.228 e. The molecular weight excluding hydrogens is 395 g/mol. The van der Waals surface area contributed by atoms with E-state index in [0.717, 1.165) is 10.0 Å². The second-order valence-electron chi connectivity index (χ2n) is 6.21. The first-order valence-corrected chi connectivity index (χ1v) is 10.2. The van der Waals surface area contributed by atoms with E-state index >= 15 is 0 Å². The molecule has 21 heavy (non-hydrogen) atoms. The van der Waals surface area contributed by atoms with Gasteiger partial charge in [0.2, 0.25) is 0 Å². The zero-order chi connectivity index (χ0) is 16.3. The van der Waals surface area contributed by atoms with Gasteiger partial charge in [0, 0.05) is 21.6 Å². The summed E-state index contributed by atoms with van der Waals surface area (Å²) in [5, 5.41) is 0. The predicted octanol–water partition coefficient (Wildman–Crippen LogP) is 4.77. The Balaban J connectivity index is 3.12. The third kappa shape index (κ3) is 4.37. The Morgan fingerprint density at radius 1 is 1.10 bits per heavy atom. The fraction of sp³-hybridized carbons (Fsp3) is 0.600. The van der Waals surface area contributed by atoms with Gasteiger partial charge in [-0.1, -0.05) is 34.1 Å². The molecule has 0 unspecified atom stereocenters. The second-order valence-corrected chi connectivity index (χ2v) is 10.5. The molecule has 0 bridgehead atoms. The molecule has 0 fully saturated rings. The molecule has 0 N–H and O–H groups in total. The van der Waals surface area contributed by atoms with E-state index in [0.29, 0.717) is 6.42 Å². The van der Waals surface area contributed by atoms with Gasteiger partial charge in [-0.2, -0.15) is 0 Å². The highest BCUT2D eigenvalue weighted by molar-refractivity contribution is 9.10. The number of benzene rings is 1. The lowest BCUT2D eigenvalue weighted by atomic mass is 9.82. The van der Waals surface area contributed by atoms with E-state index in [4.69, 9.17) is 23.2 Å². The van der Waals surface area contributed by atoms with Crippen LogP contribution in [0.25, 0.3) is 0 Å². The first-order chi connectivity index (χ1) is 9.59. The smallest absolute Gasteiger partial charge is 0.155 e. The van der Waals surface area contributed by atoms with Gasteiger partial charge in [-0.3, -0.25) is 0 Å². The Kier molecular flexibility index (Phi) is 6.61. The summed E-state index contributed by atoms with van der Waals surface area (Å²) in [5.41, 5.74) is 0.403. The van der Waals surface area contributed by atoms with Crippen molar-refractivity contribution in [2.45, 2.75) is 37.4 Å². The molecule has 1 aromatic rings. The fourth-order valence-electron chi connectivity index (χ4n) is 1.98. The topological polar surface area (TPSA) is 34.1 Å². The van der Waals surface area contributed by atoms with E-state index in [1.807, 2.05) is 24.3 Å². The quantitative estimate of drug-likeness (QED) is 0.627. The van der Waals surface area contributed by atoms with Crippen LogP contribution in [0.15, 0.2) is 28.7 Å². The number of rotatable bonds is 6. The van der Waals surface area contributed by atoms with Crippen molar-refractivity contribution in [1.29, 1.82) is 0 Å². The molecule has 0 amide bonds. The van der Waals surface area contributed by atoms with Crippen molar-refractivity contribution >= 4 is 49.0 Å². The van der Waals surface area contributed by atoms with E-state index in [1.54, 1.807) is 20.8 Å². The molecule has 0 heterocycles. The zero-order valence-electron chi connectivity index (χ0n) is 12.5. The molecule has 0 saturated heterocycles. The summed E-state index contributed by atoms with van der Waals surface area (Å²) in [5.74, 6) is 0.620. The molecule has 0 saturated carbocycles. The van der Waals surface area contributed by atoms with Crippen LogP contribution >= 0.6 is 39.1 Å². The molecule has 0 atom stereocenters. The van der Waals surface area contributed by atoms with Gasteiger partial charge in [0.05, 0.1) is 10.5 Å². The van der Waals surface area contributed by atoms with Crippen LogP contribution in [0.1, 0.15) is 32.8 Å². The van der Waals surface area contributed by atoms with Crippen molar-refractivity contribution in [3.63, 3.8) is 0 Å². The summed E-state index contributed by atoms with van der Waals surface area (Å²) in [4.78, 5) is 0. The minimum absolute atomic E-state index is 0.0667. The van der Waals surface area contributed by atoms with Crippen LogP contribution in [0, 0.1) is 0 Å². The maximum Gasteiger partial charge on any atom is 0.155 e. The lowest BCUT2D eigenvalue weighted by Gasteiger charge is -2.32. The van der Waals surface area contributed by atoms with Crippen molar-refractivity contribution < 1.29 is 8.42 Å². The van der Waals surface area contributed by atoms with Crippen molar-refractivity contribution in [2.75, 3.05) is 17.5 Å². The first-order valence-electron chi connectivity index (χ1n) is 6.69. The average Bonchev–Trinajstić information content (AvgIpc) is 2.41. The van der Waals surface area contributed by atoms with Gasteiger partial charge in [-0.05, 0) is 38.8 Å². The molecule has 120 valence electrons. The summed E-state index contributed by atoms with van der Waals surface area (Å²) in [7, 11) is -3.20. The Morgan fingerprint density at radius 2 is 1.62 bits per heavy atom. The van der Waals surface area contributed by atoms with E-state index < -0.39 is 20.0 Å². The molecule has 1 rings (SSSR count). The van der Waals surface area contributed by atoms with Crippen LogP contribution in [-0.4, -0.2) is 30.7 Å². The molecule has 0 aliphatic heterocycles. The van der Waals surface area contributed by atoms with Gasteiger partial charge in [-0.25, -0.2) is 8.42 Å². The fourth-order valence-corrected chi connectivity index (χ4v) is 4.79. The highest BCUT2D eigenvalue weighted by Gasteiger charge is 2.36. The minimum Gasteiger partial charge on any atom is -0.228 e. The van der Waals surface area contributed by atoms with Crippen LogP contribution < -0.4 is 0 Å².